The predicted molar refractivity (Wildman–Crippen MR) is 74.5 cm³/mol. The summed E-state index contributed by atoms with van der Waals surface area (Å²) in [5.74, 6) is -0.318. The second-order valence-electron chi connectivity index (χ2n) is 4.41. The summed E-state index contributed by atoms with van der Waals surface area (Å²) in [5.41, 5.74) is 0.984. The summed E-state index contributed by atoms with van der Waals surface area (Å²) in [7, 11) is 1.54. The Morgan fingerprint density at radius 2 is 2.21 bits per heavy atom. The molecule has 5 nitrogen and oxygen atoms in total. The third kappa shape index (κ3) is 3.24. The maximum Gasteiger partial charge on any atom is 0.252 e. The molecule has 19 heavy (non-hydrogen) atoms. The largest absolute Gasteiger partial charge is 0.355 e. The van der Waals surface area contributed by atoms with E-state index in [9.17, 15) is 9.59 Å². The Hall–Kier alpha value is -1.59. The molecule has 1 aliphatic rings. The molecule has 0 saturated carbocycles. The SMILES string of the molecule is CNC(=O)c1ccc(NC(=O)C2CCCN2)cc1Cl. The van der Waals surface area contributed by atoms with E-state index in [0.29, 0.717) is 16.3 Å². The second-order valence-corrected chi connectivity index (χ2v) is 4.82. The van der Waals surface area contributed by atoms with Gasteiger partial charge < -0.3 is 16.0 Å². The van der Waals surface area contributed by atoms with Crippen molar-refractivity contribution in [3.8, 4) is 0 Å². The van der Waals surface area contributed by atoms with Gasteiger partial charge in [0.2, 0.25) is 5.91 Å². The molecule has 0 aromatic heterocycles. The van der Waals surface area contributed by atoms with Crippen LogP contribution in [0.2, 0.25) is 5.02 Å². The number of carbonyl (C=O) groups excluding carboxylic acids is 2. The molecule has 102 valence electrons. The summed E-state index contributed by atoms with van der Waals surface area (Å²) in [4.78, 5) is 23.4. The fraction of sp³-hybridized carbons (Fsp3) is 0.385. The van der Waals surface area contributed by atoms with Gasteiger partial charge in [-0.25, -0.2) is 0 Å². The van der Waals surface area contributed by atoms with Gasteiger partial charge in [-0.05, 0) is 37.6 Å². The van der Waals surface area contributed by atoms with Crippen molar-refractivity contribution in [2.24, 2.45) is 0 Å². The molecule has 0 aliphatic carbocycles. The standard InChI is InChI=1S/C13H16ClN3O2/c1-15-12(18)9-5-4-8(7-10(9)14)17-13(19)11-3-2-6-16-11/h4-5,7,11,16H,2-3,6H2,1H3,(H,15,18)(H,17,19). The van der Waals surface area contributed by atoms with E-state index in [2.05, 4.69) is 16.0 Å². The van der Waals surface area contributed by atoms with E-state index in [4.69, 9.17) is 11.6 Å². The molecule has 1 saturated heterocycles. The minimum Gasteiger partial charge on any atom is -0.355 e. The molecule has 1 fully saturated rings. The highest BCUT2D eigenvalue weighted by molar-refractivity contribution is 6.34. The first-order valence-corrected chi connectivity index (χ1v) is 6.55. The summed E-state index contributed by atoms with van der Waals surface area (Å²) >= 11 is 6.02. The highest BCUT2D eigenvalue weighted by Gasteiger charge is 2.22. The van der Waals surface area contributed by atoms with Gasteiger partial charge in [-0.1, -0.05) is 11.6 Å². The van der Waals surface area contributed by atoms with E-state index in [1.807, 2.05) is 0 Å². The van der Waals surface area contributed by atoms with Crippen molar-refractivity contribution in [1.29, 1.82) is 0 Å². The first-order chi connectivity index (χ1) is 9.11. The lowest BCUT2D eigenvalue weighted by molar-refractivity contribution is -0.117. The monoisotopic (exact) mass is 281 g/mol. The van der Waals surface area contributed by atoms with E-state index in [1.165, 1.54) is 0 Å². The van der Waals surface area contributed by atoms with Crippen LogP contribution in [0.4, 0.5) is 5.69 Å². The average molecular weight is 282 g/mol. The molecule has 6 heteroatoms. The number of anilines is 1. The second kappa shape index (κ2) is 6.04. The molecule has 2 rings (SSSR count). The van der Waals surface area contributed by atoms with Gasteiger partial charge in [0.1, 0.15) is 0 Å². The third-order valence-corrected chi connectivity index (χ3v) is 3.40. The summed E-state index contributed by atoms with van der Waals surface area (Å²) in [6.07, 6.45) is 1.85. The highest BCUT2D eigenvalue weighted by Crippen LogP contribution is 2.21. The summed E-state index contributed by atoms with van der Waals surface area (Å²) in [5, 5.41) is 8.73. The van der Waals surface area contributed by atoms with Crippen LogP contribution in [0.25, 0.3) is 0 Å². The van der Waals surface area contributed by atoms with E-state index in [1.54, 1.807) is 25.2 Å². The Labute approximate surface area is 116 Å². The molecule has 1 aliphatic heterocycles. The van der Waals surface area contributed by atoms with Crippen LogP contribution >= 0.6 is 11.6 Å². The van der Waals surface area contributed by atoms with Gasteiger partial charge in [0, 0.05) is 12.7 Å². The van der Waals surface area contributed by atoms with Crippen molar-refractivity contribution in [3.63, 3.8) is 0 Å². The molecule has 2 amide bonds. The Morgan fingerprint density at radius 1 is 1.42 bits per heavy atom. The molecule has 1 heterocycles. The number of halogens is 1. The van der Waals surface area contributed by atoms with Gasteiger partial charge in [0.25, 0.3) is 5.91 Å². The van der Waals surface area contributed by atoms with Gasteiger partial charge in [-0.3, -0.25) is 9.59 Å². The first-order valence-electron chi connectivity index (χ1n) is 6.17. The molecule has 0 bridgehead atoms. The van der Waals surface area contributed by atoms with Gasteiger partial charge in [-0.15, -0.1) is 0 Å². The number of nitrogens with one attached hydrogen (secondary N) is 3. The lowest BCUT2D eigenvalue weighted by Gasteiger charge is -2.12. The Bertz CT molecular complexity index is 499. The fourth-order valence-corrected chi connectivity index (χ4v) is 2.32. The van der Waals surface area contributed by atoms with Crippen LogP contribution in [-0.4, -0.2) is 31.4 Å². The van der Waals surface area contributed by atoms with Crippen molar-refractivity contribution in [3.05, 3.63) is 28.8 Å². The third-order valence-electron chi connectivity index (χ3n) is 3.09. The van der Waals surface area contributed by atoms with Crippen molar-refractivity contribution in [2.75, 3.05) is 18.9 Å². The number of hydrogen-bond acceptors (Lipinski definition) is 3. The zero-order valence-corrected chi connectivity index (χ0v) is 11.4. The predicted octanol–water partition coefficient (Wildman–Crippen LogP) is 1.39. The van der Waals surface area contributed by atoms with Crippen LogP contribution in [-0.2, 0) is 4.79 Å². The van der Waals surface area contributed by atoms with Crippen LogP contribution in [0, 0.1) is 0 Å². The molecule has 0 radical (unpaired) electrons. The van der Waals surface area contributed by atoms with Crippen LogP contribution in [0.5, 0.6) is 0 Å². The minimum atomic E-state index is -0.250. The summed E-state index contributed by atoms with van der Waals surface area (Å²) in [6.45, 7) is 0.869. The Kier molecular flexibility index (Phi) is 4.39. The van der Waals surface area contributed by atoms with E-state index >= 15 is 0 Å². The first kappa shape index (κ1) is 13.8. The fourth-order valence-electron chi connectivity index (χ4n) is 2.05. The lowest BCUT2D eigenvalue weighted by Crippen LogP contribution is -2.35. The number of benzene rings is 1. The van der Waals surface area contributed by atoms with Gasteiger partial charge >= 0.3 is 0 Å². The van der Waals surface area contributed by atoms with Crippen molar-refractivity contribution < 1.29 is 9.59 Å². The average Bonchev–Trinajstić information content (AvgIpc) is 2.92. The number of hydrogen-bond donors (Lipinski definition) is 3. The van der Waals surface area contributed by atoms with Gasteiger partial charge in [0.05, 0.1) is 16.6 Å². The smallest absolute Gasteiger partial charge is 0.252 e. The molecular weight excluding hydrogens is 266 g/mol. The van der Waals surface area contributed by atoms with Crippen molar-refractivity contribution in [2.45, 2.75) is 18.9 Å². The molecular formula is C13H16ClN3O2. The Morgan fingerprint density at radius 3 is 2.79 bits per heavy atom. The Balaban J connectivity index is 2.07. The van der Waals surface area contributed by atoms with Crippen LogP contribution in [0.15, 0.2) is 18.2 Å². The molecule has 0 spiro atoms. The maximum absolute atomic E-state index is 11.9. The minimum absolute atomic E-state index is 0.0683. The highest BCUT2D eigenvalue weighted by atomic mass is 35.5. The number of carbonyl (C=O) groups is 2. The van der Waals surface area contributed by atoms with Gasteiger partial charge in [-0.2, -0.15) is 0 Å². The maximum atomic E-state index is 11.9. The van der Waals surface area contributed by atoms with Crippen LogP contribution in [0.3, 0.4) is 0 Å². The number of amides is 2. The summed E-state index contributed by atoms with van der Waals surface area (Å²) in [6, 6.07) is 4.71. The van der Waals surface area contributed by atoms with Crippen LogP contribution < -0.4 is 16.0 Å². The van der Waals surface area contributed by atoms with E-state index in [0.717, 1.165) is 19.4 Å². The normalized spacial score (nSPS) is 18.1. The van der Waals surface area contributed by atoms with E-state index < -0.39 is 0 Å². The van der Waals surface area contributed by atoms with Gasteiger partial charge in [0.15, 0.2) is 0 Å². The van der Waals surface area contributed by atoms with Crippen molar-refractivity contribution in [1.82, 2.24) is 10.6 Å². The number of rotatable bonds is 3. The topological polar surface area (TPSA) is 70.2 Å². The van der Waals surface area contributed by atoms with E-state index in [-0.39, 0.29) is 17.9 Å². The quantitative estimate of drug-likeness (QED) is 0.784. The van der Waals surface area contributed by atoms with Crippen molar-refractivity contribution >= 4 is 29.1 Å². The molecule has 1 unspecified atom stereocenters. The molecule has 1 atom stereocenters. The zero-order chi connectivity index (χ0) is 13.8. The molecule has 3 N–H and O–H groups in total. The molecule has 1 aromatic rings. The van der Waals surface area contributed by atoms with Crippen LogP contribution in [0.1, 0.15) is 23.2 Å². The lowest BCUT2D eigenvalue weighted by atomic mass is 10.1. The zero-order valence-electron chi connectivity index (χ0n) is 10.6. The summed E-state index contributed by atoms with van der Waals surface area (Å²) < 4.78 is 0. The molecule has 1 aromatic carbocycles.